The average Bonchev–Trinajstić information content (AvgIpc) is 3.32. The van der Waals surface area contributed by atoms with E-state index in [9.17, 15) is 13.2 Å². The molecule has 1 saturated heterocycles. The highest BCUT2D eigenvalue weighted by Gasteiger charge is 2.36. The number of morpholine rings is 1. The lowest BCUT2D eigenvalue weighted by Gasteiger charge is -2.32. The first kappa shape index (κ1) is 26.0. The largest absolute Gasteiger partial charge is 0.497 e. The molecule has 0 saturated carbocycles. The Balaban J connectivity index is 1.33. The maximum absolute atomic E-state index is 13.7. The lowest BCUT2D eigenvalue weighted by Crippen LogP contribution is -2.47. The van der Waals surface area contributed by atoms with E-state index in [1.807, 2.05) is 30.3 Å². The van der Waals surface area contributed by atoms with Gasteiger partial charge in [-0.05, 0) is 42.0 Å². The minimum atomic E-state index is -4.12. The molecule has 1 aliphatic rings. The van der Waals surface area contributed by atoms with E-state index in [4.69, 9.17) is 31.5 Å². The zero-order valence-corrected chi connectivity index (χ0v) is 22.0. The first-order valence-electron chi connectivity index (χ1n) is 11.7. The van der Waals surface area contributed by atoms with E-state index in [1.165, 1.54) is 10.4 Å². The number of hydrogen-bond acceptors (Lipinski definition) is 7. The van der Waals surface area contributed by atoms with Crippen LogP contribution in [-0.4, -0.2) is 68.1 Å². The predicted octanol–water partition coefficient (Wildman–Crippen LogP) is 3.46. The van der Waals surface area contributed by atoms with E-state index in [0.717, 1.165) is 16.9 Å². The molecular formula is C26H25ClN4O6S. The second-order valence-corrected chi connectivity index (χ2v) is 11.0. The van der Waals surface area contributed by atoms with Gasteiger partial charge >= 0.3 is 0 Å². The number of primary amides is 1. The monoisotopic (exact) mass is 556 g/mol. The van der Waals surface area contributed by atoms with Crippen molar-refractivity contribution in [3.63, 3.8) is 0 Å². The summed E-state index contributed by atoms with van der Waals surface area (Å²) in [6.07, 6.45) is 2.76. The number of carbonyl (C=O) groups is 1. The molecule has 38 heavy (non-hydrogen) atoms. The van der Waals surface area contributed by atoms with E-state index < -0.39 is 22.0 Å². The molecule has 1 aliphatic heterocycles. The van der Waals surface area contributed by atoms with Crippen molar-refractivity contribution in [3.05, 3.63) is 71.6 Å². The summed E-state index contributed by atoms with van der Waals surface area (Å²) in [6.45, 7) is 0.396. The average molecular weight is 557 g/mol. The fraction of sp³-hybridized carbons (Fsp3) is 0.231. The summed E-state index contributed by atoms with van der Waals surface area (Å²) in [6, 6.07) is 14.1. The number of nitrogens with zero attached hydrogens (tertiary/aromatic N) is 2. The number of rotatable bonds is 8. The van der Waals surface area contributed by atoms with Crippen molar-refractivity contribution in [2.24, 2.45) is 5.73 Å². The van der Waals surface area contributed by atoms with Crippen molar-refractivity contribution in [1.82, 2.24) is 14.3 Å². The number of pyridine rings is 1. The first-order chi connectivity index (χ1) is 18.3. The van der Waals surface area contributed by atoms with Gasteiger partial charge in [0.1, 0.15) is 34.8 Å². The fourth-order valence-corrected chi connectivity index (χ4v) is 6.31. The van der Waals surface area contributed by atoms with Gasteiger partial charge in [0.15, 0.2) is 0 Å². The summed E-state index contributed by atoms with van der Waals surface area (Å²) in [5.74, 6) is 0.388. The molecule has 10 nitrogen and oxygen atoms in total. The Bertz CT molecular complexity index is 1590. The zero-order valence-electron chi connectivity index (χ0n) is 20.4. The van der Waals surface area contributed by atoms with Crippen LogP contribution in [0.1, 0.15) is 10.5 Å². The van der Waals surface area contributed by atoms with Crippen LogP contribution in [0.15, 0.2) is 65.8 Å². The minimum absolute atomic E-state index is 0.0272. The Labute approximate surface area is 224 Å². The Morgan fingerprint density at radius 1 is 1.16 bits per heavy atom. The molecule has 4 aromatic rings. The van der Waals surface area contributed by atoms with Crippen LogP contribution in [-0.2, 0) is 14.8 Å². The van der Waals surface area contributed by atoms with E-state index in [-0.39, 0.29) is 36.9 Å². The van der Waals surface area contributed by atoms with Gasteiger partial charge in [0.05, 0.1) is 19.9 Å². The zero-order chi connectivity index (χ0) is 26.9. The number of nitrogens with two attached hydrogens (primary N) is 1. The summed E-state index contributed by atoms with van der Waals surface area (Å²) >= 11 is 6.12. The number of carbonyl (C=O) groups excluding carboxylic acids is 1. The number of halogens is 1. The molecule has 2 aromatic heterocycles. The van der Waals surface area contributed by atoms with Crippen molar-refractivity contribution in [1.29, 1.82) is 0 Å². The topological polar surface area (TPSA) is 137 Å². The van der Waals surface area contributed by atoms with Gasteiger partial charge in [0.2, 0.25) is 10.0 Å². The van der Waals surface area contributed by atoms with E-state index >= 15 is 0 Å². The van der Waals surface area contributed by atoms with Gasteiger partial charge in [0, 0.05) is 40.8 Å². The fourth-order valence-electron chi connectivity index (χ4n) is 4.35. The number of hydrogen-bond donors (Lipinski definition) is 2. The molecule has 1 unspecified atom stereocenters. The second kappa shape index (κ2) is 10.6. The van der Waals surface area contributed by atoms with Gasteiger partial charge < -0.3 is 24.9 Å². The maximum atomic E-state index is 13.7. The van der Waals surface area contributed by atoms with Crippen LogP contribution < -0.4 is 15.2 Å². The Morgan fingerprint density at radius 3 is 2.68 bits per heavy atom. The van der Waals surface area contributed by atoms with Crippen molar-refractivity contribution in [3.8, 4) is 22.6 Å². The van der Waals surface area contributed by atoms with E-state index in [2.05, 4.69) is 9.97 Å². The van der Waals surface area contributed by atoms with E-state index in [0.29, 0.717) is 21.7 Å². The molecule has 0 radical (unpaired) electrons. The van der Waals surface area contributed by atoms with Crippen LogP contribution >= 0.6 is 11.6 Å². The molecule has 2 aromatic carbocycles. The number of amides is 1. The number of methoxy groups -OCH3 is 1. The number of ether oxygens (including phenoxy) is 3. The number of aromatic nitrogens is 2. The summed E-state index contributed by atoms with van der Waals surface area (Å²) < 4.78 is 45.6. The van der Waals surface area contributed by atoms with Crippen LogP contribution in [0.2, 0.25) is 5.02 Å². The summed E-state index contributed by atoms with van der Waals surface area (Å²) in [5, 5.41) is 0.634. The molecule has 0 aliphatic carbocycles. The highest BCUT2D eigenvalue weighted by atomic mass is 35.5. The SMILES string of the molecule is COc1ccc(-c2cncc(OCC3CN(S(=O)(=O)c4c(C(N)=O)[nH]c5ccc(Cl)cc45)CCO3)c2)cc1. The van der Waals surface area contributed by atoms with Gasteiger partial charge in [-0.1, -0.05) is 23.7 Å². The number of nitrogens with one attached hydrogen (secondary N) is 1. The summed E-state index contributed by atoms with van der Waals surface area (Å²) in [4.78, 5) is 19.0. The Hall–Kier alpha value is -3.64. The molecule has 1 fully saturated rings. The van der Waals surface area contributed by atoms with Crippen LogP contribution in [0, 0.1) is 0 Å². The van der Waals surface area contributed by atoms with E-state index in [1.54, 1.807) is 31.6 Å². The van der Waals surface area contributed by atoms with Gasteiger partial charge in [-0.3, -0.25) is 9.78 Å². The normalized spacial score (nSPS) is 16.4. The smallest absolute Gasteiger partial charge is 0.266 e. The van der Waals surface area contributed by atoms with Crippen LogP contribution in [0.4, 0.5) is 0 Å². The lowest BCUT2D eigenvalue weighted by molar-refractivity contribution is -0.0249. The van der Waals surface area contributed by atoms with Crippen LogP contribution in [0.25, 0.3) is 22.0 Å². The molecule has 12 heteroatoms. The Kier molecular flexibility index (Phi) is 7.26. The highest BCUT2D eigenvalue weighted by Crippen LogP contribution is 2.32. The van der Waals surface area contributed by atoms with Crippen molar-refractivity contribution >= 4 is 38.4 Å². The number of benzene rings is 2. The standard InChI is InChI=1S/C26H25ClN4O6S/c1-35-19-5-2-16(3-6-19)17-10-20(13-29-12-17)37-15-21-14-31(8-9-36-21)38(33,34)25-22-11-18(27)4-7-23(22)30-24(25)26(28)32/h2-7,10-13,21,30H,8-9,14-15H2,1H3,(H2,28,32). The quantitative estimate of drug-likeness (QED) is 0.339. The number of H-pyrrole nitrogens is 1. The third-order valence-electron chi connectivity index (χ3n) is 6.23. The third kappa shape index (κ3) is 5.18. The van der Waals surface area contributed by atoms with Gasteiger partial charge in [-0.25, -0.2) is 8.42 Å². The maximum Gasteiger partial charge on any atom is 0.266 e. The molecule has 0 bridgehead atoms. The summed E-state index contributed by atoms with van der Waals surface area (Å²) in [5.41, 5.74) is 7.56. The molecule has 1 atom stereocenters. The van der Waals surface area contributed by atoms with Gasteiger partial charge in [0.25, 0.3) is 5.91 Å². The third-order valence-corrected chi connectivity index (χ3v) is 8.42. The minimum Gasteiger partial charge on any atom is -0.497 e. The van der Waals surface area contributed by atoms with Crippen molar-refractivity contribution < 1.29 is 27.4 Å². The number of fused-ring (bicyclic) bond motifs is 1. The Morgan fingerprint density at radius 2 is 1.95 bits per heavy atom. The molecule has 3 heterocycles. The molecule has 0 spiro atoms. The van der Waals surface area contributed by atoms with Crippen LogP contribution in [0.3, 0.4) is 0 Å². The summed E-state index contributed by atoms with van der Waals surface area (Å²) in [7, 11) is -2.51. The molecule has 5 rings (SSSR count). The first-order valence-corrected chi connectivity index (χ1v) is 13.5. The van der Waals surface area contributed by atoms with Gasteiger partial charge in [-0.2, -0.15) is 4.31 Å². The second-order valence-electron chi connectivity index (χ2n) is 8.69. The molecular weight excluding hydrogens is 532 g/mol. The number of sulfonamides is 1. The van der Waals surface area contributed by atoms with Crippen molar-refractivity contribution in [2.45, 2.75) is 11.0 Å². The van der Waals surface area contributed by atoms with Gasteiger partial charge in [-0.15, -0.1) is 0 Å². The highest BCUT2D eigenvalue weighted by molar-refractivity contribution is 7.89. The lowest BCUT2D eigenvalue weighted by atomic mass is 10.1. The molecule has 198 valence electrons. The molecule has 1 amide bonds. The van der Waals surface area contributed by atoms with Crippen LogP contribution in [0.5, 0.6) is 11.5 Å². The predicted molar refractivity (Wildman–Crippen MR) is 142 cm³/mol. The van der Waals surface area contributed by atoms with Crippen molar-refractivity contribution in [2.75, 3.05) is 33.4 Å². The number of aromatic amines is 1. The molecule has 3 N–H and O–H groups in total.